The number of aromatic amines is 1. The van der Waals surface area contributed by atoms with Crippen molar-refractivity contribution in [3.8, 4) is 0 Å². The summed E-state index contributed by atoms with van der Waals surface area (Å²) in [6.07, 6.45) is 1.74. The standard InChI is InChI=1S/C15H13FN2O2S/c16-13-6-2-4-8-15(13)21(19,20)18-10-11-9-17-14-7-3-1-5-12(11)14/h1-9,17-18H,10H2. The summed E-state index contributed by atoms with van der Waals surface area (Å²) < 4.78 is 40.2. The van der Waals surface area contributed by atoms with Gasteiger partial charge in [0.2, 0.25) is 10.0 Å². The monoisotopic (exact) mass is 304 g/mol. The summed E-state index contributed by atoms with van der Waals surface area (Å²) >= 11 is 0. The lowest BCUT2D eigenvalue weighted by molar-refractivity contribution is 0.557. The van der Waals surface area contributed by atoms with Gasteiger partial charge >= 0.3 is 0 Å². The molecule has 0 saturated carbocycles. The largest absolute Gasteiger partial charge is 0.361 e. The summed E-state index contributed by atoms with van der Waals surface area (Å²) in [5, 5.41) is 0.939. The summed E-state index contributed by atoms with van der Waals surface area (Å²) in [4.78, 5) is 2.72. The van der Waals surface area contributed by atoms with Gasteiger partial charge in [0.05, 0.1) is 0 Å². The Hall–Kier alpha value is -2.18. The first-order valence-electron chi connectivity index (χ1n) is 6.37. The van der Waals surface area contributed by atoms with Crippen molar-refractivity contribution in [1.82, 2.24) is 9.71 Å². The maximum absolute atomic E-state index is 13.6. The van der Waals surface area contributed by atoms with Gasteiger partial charge in [0, 0.05) is 23.6 Å². The van der Waals surface area contributed by atoms with Crippen molar-refractivity contribution in [2.45, 2.75) is 11.4 Å². The fourth-order valence-corrected chi connectivity index (χ4v) is 3.27. The van der Waals surface area contributed by atoms with Crippen LogP contribution in [0.2, 0.25) is 0 Å². The van der Waals surface area contributed by atoms with Crippen LogP contribution in [0.1, 0.15) is 5.56 Å². The summed E-state index contributed by atoms with van der Waals surface area (Å²) in [5.41, 5.74) is 1.74. The molecule has 0 radical (unpaired) electrons. The molecule has 0 amide bonds. The molecule has 1 aromatic heterocycles. The highest BCUT2D eigenvalue weighted by molar-refractivity contribution is 7.89. The van der Waals surface area contributed by atoms with Crippen molar-refractivity contribution in [3.63, 3.8) is 0 Å². The quantitative estimate of drug-likeness (QED) is 0.778. The summed E-state index contributed by atoms with van der Waals surface area (Å²) in [6.45, 7) is 0.0979. The number of sulfonamides is 1. The van der Waals surface area contributed by atoms with E-state index in [0.29, 0.717) is 0 Å². The number of H-pyrrole nitrogens is 1. The molecular formula is C15H13FN2O2S. The van der Waals surface area contributed by atoms with Gasteiger partial charge in [0.1, 0.15) is 10.7 Å². The van der Waals surface area contributed by atoms with E-state index in [0.717, 1.165) is 22.5 Å². The average Bonchev–Trinajstić information content (AvgIpc) is 2.89. The van der Waals surface area contributed by atoms with Crippen LogP contribution in [0.15, 0.2) is 59.6 Å². The zero-order chi connectivity index (χ0) is 14.9. The van der Waals surface area contributed by atoms with Crippen molar-refractivity contribution in [2.75, 3.05) is 0 Å². The SMILES string of the molecule is O=S(=O)(NCc1c[nH]c2ccccc12)c1ccccc1F. The molecule has 0 atom stereocenters. The van der Waals surface area contributed by atoms with Gasteiger partial charge in [0.25, 0.3) is 0 Å². The van der Waals surface area contributed by atoms with E-state index in [4.69, 9.17) is 0 Å². The van der Waals surface area contributed by atoms with Gasteiger partial charge in [-0.05, 0) is 23.8 Å². The zero-order valence-electron chi connectivity index (χ0n) is 11.0. The van der Waals surface area contributed by atoms with Crippen LogP contribution in [0.25, 0.3) is 10.9 Å². The molecule has 3 aromatic rings. The fraction of sp³-hybridized carbons (Fsp3) is 0.0667. The zero-order valence-corrected chi connectivity index (χ0v) is 11.8. The molecule has 4 nitrogen and oxygen atoms in total. The lowest BCUT2D eigenvalue weighted by atomic mass is 10.2. The molecule has 1 heterocycles. The van der Waals surface area contributed by atoms with Crippen LogP contribution in [0.4, 0.5) is 4.39 Å². The third-order valence-electron chi connectivity index (χ3n) is 3.25. The Labute approximate surface area is 121 Å². The number of hydrogen-bond acceptors (Lipinski definition) is 2. The molecular weight excluding hydrogens is 291 g/mol. The highest BCUT2D eigenvalue weighted by atomic mass is 32.2. The van der Waals surface area contributed by atoms with E-state index in [1.807, 2.05) is 24.3 Å². The average molecular weight is 304 g/mol. The normalized spacial score (nSPS) is 11.9. The molecule has 0 fully saturated rings. The van der Waals surface area contributed by atoms with E-state index in [1.165, 1.54) is 18.2 Å². The fourth-order valence-electron chi connectivity index (χ4n) is 2.19. The Bertz CT molecular complexity index is 887. The van der Waals surface area contributed by atoms with Crippen LogP contribution in [-0.4, -0.2) is 13.4 Å². The number of rotatable bonds is 4. The Kier molecular flexibility index (Phi) is 3.48. The molecule has 3 rings (SSSR count). The molecule has 0 spiro atoms. The molecule has 0 aliphatic carbocycles. The van der Waals surface area contributed by atoms with E-state index < -0.39 is 15.8 Å². The number of para-hydroxylation sites is 1. The van der Waals surface area contributed by atoms with Crippen molar-refractivity contribution in [1.29, 1.82) is 0 Å². The minimum Gasteiger partial charge on any atom is -0.361 e. The maximum Gasteiger partial charge on any atom is 0.243 e. The Morgan fingerprint density at radius 1 is 1.05 bits per heavy atom. The van der Waals surface area contributed by atoms with Crippen molar-refractivity contribution >= 4 is 20.9 Å². The Morgan fingerprint density at radius 2 is 1.76 bits per heavy atom. The molecule has 0 saturated heterocycles. The first kappa shape index (κ1) is 13.8. The van der Waals surface area contributed by atoms with Gasteiger partial charge in [-0.15, -0.1) is 0 Å². The van der Waals surface area contributed by atoms with Gasteiger partial charge in [-0.3, -0.25) is 0 Å². The van der Waals surface area contributed by atoms with Crippen LogP contribution in [0.3, 0.4) is 0 Å². The van der Waals surface area contributed by atoms with Crippen LogP contribution in [0, 0.1) is 5.82 Å². The molecule has 2 N–H and O–H groups in total. The second-order valence-corrected chi connectivity index (χ2v) is 6.35. The molecule has 0 aliphatic heterocycles. The molecule has 21 heavy (non-hydrogen) atoms. The first-order chi connectivity index (χ1) is 10.1. The van der Waals surface area contributed by atoms with Crippen molar-refractivity contribution < 1.29 is 12.8 Å². The number of benzene rings is 2. The number of aromatic nitrogens is 1. The lowest BCUT2D eigenvalue weighted by Crippen LogP contribution is -2.24. The Balaban J connectivity index is 1.86. The topological polar surface area (TPSA) is 62.0 Å². The molecule has 0 unspecified atom stereocenters. The van der Waals surface area contributed by atoms with E-state index >= 15 is 0 Å². The predicted octanol–water partition coefficient (Wildman–Crippen LogP) is 2.79. The van der Waals surface area contributed by atoms with Gasteiger partial charge < -0.3 is 4.98 Å². The number of fused-ring (bicyclic) bond motifs is 1. The smallest absolute Gasteiger partial charge is 0.243 e. The van der Waals surface area contributed by atoms with E-state index in [-0.39, 0.29) is 11.4 Å². The first-order valence-corrected chi connectivity index (χ1v) is 7.85. The van der Waals surface area contributed by atoms with Crippen LogP contribution >= 0.6 is 0 Å². The third kappa shape index (κ3) is 2.68. The Morgan fingerprint density at radius 3 is 2.57 bits per heavy atom. The third-order valence-corrected chi connectivity index (χ3v) is 4.69. The second-order valence-electron chi connectivity index (χ2n) is 4.61. The van der Waals surface area contributed by atoms with E-state index in [1.54, 1.807) is 6.20 Å². The van der Waals surface area contributed by atoms with Gasteiger partial charge in [-0.25, -0.2) is 17.5 Å². The minimum absolute atomic E-state index is 0.0979. The maximum atomic E-state index is 13.6. The van der Waals surface area contributed by atoms with Gasteiger partial charge in [-0.2, -0.15) is 0 Å². The number of halogens is 1. The number of hydrogen-bond donors (Lipinski definition) is 2. The molecule has 2 aromatic carbocycles. The lowest BCUT2D eigenvalue weighted by Gasteiger charge is -2.07. The second kappa shape index (κ2) is 5.31. The van der Waals surface area contributed by atoms with E-state index in [2.05, 4.69) is 9.71 Å². The van der Waals surface area contributed by atoms with Crippen LogP contribution < -0.4 is 4.72 Å². The van der Waals surface area contributed by atoms with E-state index in [9.17, 15) is 12.8 Å². The minimum atomic E-state index is -3.87. The molecule has 0 aliphatic rings. The highest BCUT2D eigenvalue weighted by Crippen LogP contribution is 2.19. The number of nitrogens with one attached hydrogen (secondary N) is 2. The predicted molar refractivity (Wildman–Crippen MR) is 78.7 cm³/mol. The highest BCUT2D eigenvalue weighted by Gasteiger charge is 2.18. The summed E-state index contributed by atoms with van der Waals surface area (Å²) in [5.74, 6) is -0.760. The summed E-state index contributed by atoms with van der Waals surface area (Å²) in [7, 11) is -3.87. The van der Waals surface area contributed by atoms with Crippen LogP contribution in [0.5, 0.6) is 0 Å². The van der Waals surface area contributed by atoms with Crippen molar-refractivity contribution in [2.24, 2.45) is 0 Å². The molecule has 0 bridgehead atoms. The van der Waals surface area contributed by atoms with Gasteiger partial charge in [-0.1, -0.05) is 30.3 Å². The summed E-state index contributed by atoms with van der Waals surface area (Å²) in [6, 6.07) is 12.9. The molecule has 108 valence electrons. The van der Waals surface area contributed by atoms with Crippen molar-refractivity contribution in [3.05, 3.63) is 66.1 Å². The van der Waals surface area contributed by atoms with Crippen LogP contribution in [-0.2, 0) is 16.6 Å². The molecule has 6 heteroatoms. The van der Waals surface area contributed by atoms with Gasteiger partial charge in [0.15, 0.2) is 0 Å².